The average molecular weight is 365 g/mol. The maximum Gasteiger partial charge on any atom is 0.350 e. The van der Waals surface area contributed by atoms with Crippen LogP contribution in [-0.2, 0) is 10.7 Å². The molecule has 6 heteroatoms. The second kappa shape index (κ2) is 7.10. The molecule has 1 heterocycles. The van der Waals surface area contributed by atoms with Crippen LogP contribution in [0.2, 0.25) is 5.02 Å². The molecule has 1 saturated heterocycles. The number of nitrogens with zero attached hydrogens (tertiary/aromatic N) is 1. The van der Waals surface area contributed by atoms with Gasteiger partial charge in [0, 0.05) is 29.6 Å². The number of amides is 1. The zero-order valence-corrected chi connectivity index (χ0v) is 14.3. The molecule has 0 radical (unpaired) electrons. The molecule has 0 aliphatic carbocycles. The van der Waals surface area contributed by atoms with Gasteiger partial charge in [0.2, 0.25) is 0 Å². The number of rotatable bonds is 4. The minimum atomic E-state index is -3.62. The third-order valence-corrected chi connectivity index (χ3v) is 4.95. The topological polar surface area (TPSA) is 46.3 Å². The predicted octanol–water partition coefficient (Wildman–Crippen LogP) is 3.63. The zero-order valence-electron chi connectivity index (χ0n) is 13.5. The van der Waals surface area contributed by atoms with E-state index in [1.54, 1.807) is 0 Å². The molecule has 2 N–H and O–H groups in total. The van der Waals surface area contributed by atoms with Crippen molar-refractivity contribution in [2.45, 2.75) is 11.8 Å². The summed E-state index contributed by atoms with van der Waals surface area (Å²) in [6.07, 6.45) is 0. The fraction of sp³-hybridized carbons (Fsp3) is 0.316. The first-order chi connectivity index (χ1) is 11.9. The molecule has 1 amide bonds. The molecular weight excluding hydrogens is 346 g/mol. The second-order valence-electron chi connectivity index (χ2n) is 6.31. The Morgan fingerprint density at radius 3 is 2.52 bits per heavy atom. The minimum Gasteiger partial charge on any atom is -0.336 e. The summed E-state index contributed by atoms with van der Waals surface area (Å²) in [5.41, 5.74) is 6.44. The van der Waals surface area contributed by atoms with E-state index in [2.05, 4.69) is 0 Å². The van der Waals surface area contributed by atoms with E-state index >= 15 is 0 Å². The molecule has 0 bridgehead atoms. The zero-order chi connectivity index (χ0) is 18.0. The summed E-state index contributed by atoms with van der Waals surface area (Å²) in [4.78, 5) is 13.7. The van der Waals surface area contributed by atoms with Gasteiger partial charge in [0.15, 0.2) is 0 Å². The number of nitrogens with two attached hydrogens (primary N) is 1. The Balaban J connectivity index is 1.83. The maximum atomic E-state index is 14.7. The van der Waals surface area contributed by atoms with Gasteiger partial charge in [0.25, 0.3) is 5.91 Å². The number of benzene rings is 2. The fourth-order valence-corrected chi connectivity index (χ4v) is 3.55. The molecule has 2 atom stereocenters. The lowest BCUT2D eigenvalue weighted by Crippen LogP contribution is -2.41. The summed E-state index contributed by atoms with van der Waals surface area (Å²) in [6.45, 7) is 0.804. The Morgan fingerprint density at radius 2 is 1.88 bits per heavy atom. The second-order valence-corrected chi connectivity index (χ2v) is 6.74. The molecule has 3 nitrogen and oxygen atoms in total. The molecule has 3 rings (SSSR count). The van der Waals surface area contributed by atoms with Gasteiger partial charge in [-0.2, -0.15) is 8.78 Å². The highest BCUT2D eigenvalue weighted by atomic mass is 35.5. The van der Waals surface area contributed by atoms with Crippen LogP contribution in [0.4, 0.5) is 8.78 Å². The van der Waals surface area contributed by atoms with Crippen LogP contribution in [0.1, 0.15) is 17.0 Å². The van der Waals surface area contributed by atoms with Crippen molar-refractivity contribution >= 4 is 17.5 Å². The van der Waals surface area contributed by atoms with Crippen LogP contribution >= 0.6 is 11.6 Å². The monoisotopic (exact) mass is 364 g/mol. The standard InChI is InChI=1S/C19H19ClF2N2O/c20-16-8-4-7-15(9-16)19(21,22)18(25)24-11-14(10-23)17(12-24)13-5-2-1-3-6-13/h1-9,14,17H,10-12,23H2/t14-,17+/m1/s1. The van der Waals surface area contributed by atoms with Crippen LogP contribution in [0.5, 0.6) is 0 Å². The van der Waals surface area contributed by atoms with E-state index in [0.29, 0.717) is 6.54 Å². The van der Waals surface area contributed by atoms with Crippen LogP contribution in [0.3, 0.4) is 0 Å². The molecule has 2 aromatic carbocycles. The van der Waals surface area contributed by atoms with E-state index in [0.717, 1.165) is 11.6 Å². The first-order valence-corrected chi connectivity index (χ1v) is 8.49. The summed E-state index contributed by atoms with van der Waals surface area (Å²) < 4.78 is 29.3. The first-order valence-electron chi connectivity index (χ1n) is 8.11. The van der Waals surface area contributed by atoms with Crippen molar-refractivity contribution in [3.8, 4) is 0 Å². The van der Waals surface area contributed by atoms with Gasteiger partial charge in [-0.25, -0.2) is 0 Å². The van der Waals surface area contributed by atoms with Gasteiger partial charge in [0.05, 0.1) is 0 Å². The quantitative estimate of drug-likeness (QED) is 0.900. The highest BCUT2D eigenvalue weighted by Gasteiger charge is 2.47. The average Bonchev–Trinajstić information content (AvgIpc) is 3.06. The molecule has 1 aliphatic rings. The van der Waals surface area contributed by atoms with Crippen LogP contribution in [-0.4, -0.2) is 30.4 Å². The van der Waals surface area contributed by atoms with E-state index in [4.69, 9.17) is 17.3 Å². The maximum absolute atomic E-state index is 14.7. The van der Waals surface area contributed by atoms with Crippen molar-refractivity contribution in [1.29, 1.82) is 0 Å². The molecule has 0 spiro atoms. The summed E-state index contributed by atoms with van der Waals surface area (Å²) >= 11 is 5.79. The van der Waals surface area contributed by atoms with E-state index in [9.17, 15) is 13.6 Å². The Labute approximate surface area is 150 Å². The Bertz CT molecular complexity index is 754. The number of hydrogen-bond donors (Lipinski definition) is 1. The third-order valence-electron chi connectivity index (χ3n) is 4.71. The van der Waals surface area contributed by atoms with Gasteiger partial charge in [0.1, 0.15) is 0 Å². The van der Waals surface area contributed by atoms with Crippen molar-refractivity contribution in [3.63, 3.8) is 0 Å². The van der Waals surface area contributed by atoms with Gasteiger partial charge in [-0.05, 0) is 30.2 Å². The van der Waals surface area contributed by atoms with Crippen molar-refractivity contribution < 1.29 is 13.6 Å². The molecule has 2 aromatic rings. The van der Waals surface area contributed by atoms with Crippen molar-refractivity contribution in [3.05, 3.63) is 70.7 Å². The minimum absolute atomic E-state index is 0.0367. The SMILES string of the molecule is NC[C@@H]1CN(C(=O)C(F)(F)c2cccc(Cl)c2)C[C@H]1c1ccccc1. The highest BCUT2D eigenvalue weighted by molar-refractivity contribution is 6.30. The predicted molar refractivity (Wildman–Crippen MR) is 93.7 cm³/mol. The van der Waals surface area contributed by atoms with Gasteiger partial charge < -0.3 is 10.6 Å². The Hall–Kier alpha value is -1.98. The van der Waals surface area contributed by atoms with Crippen LogP contribution in [0, 0.1) is 5.92 Å². The molecule has 0 saturated carbocycles. The van der Waals surface area contributed by atoms with Gasteiger partial charge >= 0.3 is 5.92 Å². The van der Waals surface area contributed by atoms with Gasteiger partial charge in [-0.3, -0.25) is 4.79 Å². The largest absolute Gasteiger partial charge is 0.350 e. The van der Waals surface area contributed by atoms with Crippen LogP contribution in [0.25, 0.3) is 0 Å². The van der Waals surface area contributed by atoms with Crippen LogP contribution < -0.4 is 5.73 Å². The molecule has 0 aromatic heterocycles. The third kappa shape index (κ3) is 3.53. The number of halogens is 3. The summed E-state index contributed by atoms with van der Waals surface area (Å²) in [6, 6.07) is 14.8. The molecule has 132 valence electrons. The number of carbonyl (C=O) groups excluding carboxylic acids is 1. The lowest BCUT2D eigenvalue weighted by molar-refractivity contribution is -0.158. The number of carbonyl (C=O) groups is 1. The summed E-state index contributed by atoms with van der Waals surface area (Å²) in [5, 5.41) is 0.174. The molecular formula is C19H19ClF2N2O. The van der Waals surface area contributed by atoms with E-state index in [1.807, 2.05) is 30.3 Å². The molecule has 0 unspecified atom stereocenters. The van der Waals surface area contributed by atoms with Gasteiger partial charge in [-0.15, -0.1) is 0 Å². The number of hydrogen-bond acceptors (Lipinski definition) is 2. The fourth-order valence-electron chi connectivity index (χ4n) is 3.36. The van der Waals surface area contributed by atoms with Crippen LogP contribution in [0.15, 0.2) is 54.6 Å². The normalized spacial score (nSPS) is 20.7. The molecule has 1 fully saturated rings. The van der Waals surface area contributed by atoms with E-state index < -0.39 is 17.4 Å². The summed E-state index contributed by atoms with van der Waals surface area (Å²) in [5.74, 6) is -4.89. The van der Waals surface area contributed by atoms with Crippen molar-refractivity contribution in [2.24, 2.45) is 11.7 Å². The number of likely N-dealkylation sites (tertiary alicyclic amines) is 1. The lowest BCUT2D eigenvalue weighted by atomic mass is 9.89. The first kappa shape index (κ1) is 17.8. The lowest BCUT2D eigenvalue weighted by Gasteiger charge is -2.23. The molecule has 1 aliphatic heterocycles. The van der Waals surface area contributed by atoms with E-state index in [1.165, 1.54) is 23.1 Å². The molecule has 25 heavy (non-hydrogen) atoms. The smallest absolute Gasteiger partial charge is 0.336 e. The highest BCUT2D eigenvalue weighted by Crippen LogP contribution is 2.37. The van der Waals surface area contributed by atoms with Gasteiger partial charge in [-0.1, -0.05) is 54.1 Å². The van der Waals surface area contributed by atoms with E-state index in [-0.39, 0.29) is 29.9 Å². The Kier molecular flexibility index (Phi) is 5.06. The Morgan fingerprint density at radius 1 is 1.16 bits per heavy atom. The number of alkyl halides is 2. The van der Waals surface area contributed by atoms with Crippen molar-refractivity contribution in [1.82, 2.24) is 4.90 Å². The van der Waals surface area contributed by atoms with Crippen molar-refractivity contribution in [2.75, 3.05) is 19.6 Å². The summed E-state index contributed by atoms with van der Waals surface area (Å²) in [7, 11) is 0.